The van der Waals surface area contributed by atoms with Crippen molar-refractivity contribution in [2.75, 3.05) is 6.54 Å². The highest BCUT2D eigenvalue weighted by Gasteiger charge is 2.13. The van der Waals surface area contributed by atoms with Crippen LogP contribution in [0.5, 0.6) is 0 Å². The molecular weight excluding hydrogens is 360 g/mol. The molecule has 0 spiro atoms. The maximum Gasteiger partial charge on any atom is 0.346 e. The Bertz CT molecular complexity index is 913. The van der Waals surface area contributed by atoms with Gasteiger partial charge in [0.1, 0.15) is 0 Å². The minimum Gasteiger partial charge on any atom is -0.354 e. The molecule has 1 N–H and O–H groups in total. The van der Waals surface area contributed by atoms with E-state index in [1.54, 1.807) is 19.2 Å². The van der Waals surface area contributed by atoms with E-state index in [0.29, 0.717) is 23.9 Å². The topological polar surface area (TPSA) is 68.9 Å². The second-order valence-electron chi connectivity index (χ2n) is 5.52. The third kappa shape index (κ3) is 4.18. The van der Waals surface area contributed by atoms with Gasteiger partial charge in [-0.15, -0.1) is 16.4 Å². The molecule has 1 amide bonds. The zero-order valence-electron chi connectivity index (χ0n) is 13.6. The lowest BCUT2D eigenvalue weighted by Gasteiger charge is -2.05. The minimum absolute atomic E-state index is 0.107. The summed E-state index contributed by atoms with van der Waals surface area (Å²) in [6.45, 7) is 0.664. The standard InChI is InChI=1S/C17H17ClN4O2S/c1-21-16(14-3-2-10-25-14)20-22(17(21)24)9-8-19-15(23)11-12-4-6-13(18)7-5-12/h2-7,10H,8-9,11H2,1H3,(H,19,23). The number of hydrogen-bond acceptors (Lipinski definition) is 4. The van der Waals surface area contributed by atoms with E-state index in [-0.39, 0.29) is 18.0 Å². The number of aromatic nitrogens is 3. The van der Waals surface area contributed by atoms with Gasteiger partial charge >= 0.3 is 5.69 Å². The van der Waals surface area contributed by atoms with Gasteiger partial charge in [-0.3, -0.25) is 9.36 Å². The fourth-order valence-electron chi connectivity index (χ4n) is 2.41. The Kier molecular flexibility index (Phi) is 5.35. The summed E-state index contributed by atoms with van der Waals surface area (Å²) in [6, 6.07) is 11.0. The summed E-state index contributed by atoms with van der Waals surface area (Å²) < 4.78 is 2.89. The van der Waals surface area contributed by atoms with Crippen LogP contribution in [0.3, 0.4) is 0 Å². The largest absolute Gasteiger partial charge is 0.354 e. The molecule has 0 saturated carbocycles. The van der Waals surface area contributed by atoms with Crippen LogP contribution in [-0.2, 0) is 24.8 Å². The van der Waals surface area contributed by atoms with Gasteiger partial charge in [-0.05, 0) is 29.1 Å². The summed E-state index contributed by atoms with van der Waals surface area (Å²) in [5, 5.41) is 9.74. The highest BCUT2D eigenvalue weighted by molar-refractivity contribution is 7.13. The van der Waals surface area contributed by atoms with E-state index >= 15 is 0 Å². The van der Waals surface area contributed by atoms with Gasteiger partial charge in [0, 0.05) is 18.6 Å². The molecule has 0 bridgehead atoms. The molecule has 0 radical (unpaired) electrons. The predicted molar refractivity (Wildman–Crippen MR) is 98.9 cm³/mol. The van der Waals surface area contributed by atoms with E-state index in [2.05, 4.69) is 10.4 Å². The Morgan fingerprint density at radius 2 is 2.04 bits per heavy atom. The molecule has 0 atom stereocenters. The Morgan fingerprint density at radius 1 is 1.28 bits per heavy atom. The number of rotatable bonds is 6. The Balaban J connectivity index is 1.57. The number of benzene rings is 1. The van der Waals surface area contributed by atoms with Gasteiger partial charge in [0.2, 0.25) is 5.91 Å². The molecule has 2 heterocycles. The second-order valence-corrected chi connectivity index (χ2v) is 6.90. The molecule has 0 fully saturated rings. The van der Waals surface area contributed by atoms with Crippen LogP contribution in [-0.4, -0.2) is 26.8 Å². The van der Waals surface area contributed by atoms with Crippen molar-refractivity contribution in [1.29, 1.82) is 0 Å². The minimum atomic E-state index is -0.199. The molecule has 3 rings (SSSR count). The lowest BCUT2D eigenvalue weighted by atomic mass is 10.1. The monoisotopic (exact) mass is 376 g/mol. The first-order chi connectivity index (χ1) is 12.0. The predicted octanol–water partition coefficient (Wildman–Crippen LogP) is 2.32. The number of halogens is 1. The summed E-state index contributed by atoms with van der Waals surface area (Å²) in [7, 11) is 1.69. The zero-order valence-corrected chi connectivity index (χ0v) is 15.2. The van der Waals surface area contributed by atoms with E-state index in [4.69, 9.17) is 11.6 Å². The molecule has 0 aliphatic carbocycles. The number of nitrogens with zero attached hydrogens (tertiary/aromatic N) is 3. The van der Waals surface area contributed by atoms with Crippen molar-refractivity contribution < 1.29 is 4.79 Å². The first kappa shape index (κ1) is 17.4. The average Bonchev–Trinajstić information content (AvgIpc) is 3.21. The Labute approximate surface area is 153 Å². The van der Waals surface area contributed by atoms with Gasteiger partial charge in [-0.1, -0.05) is 29.8 Å². The molecule has 0 unspecified atom stereocenters. The SMILES string of the molecule is Cn1c(-c2cccs2)nn(CCNC(=O)Cc2ccc(Cl)cc2)c1=O. The van der Waals surface area contributed by atoms with Gasteiger partial charge in [0.15, 0.2) is 5.82 Å². The van der Waals surface area contributed by atoms with Crippen LogP contribution in [0.1, 0.15) is 5.56 Å². The quantitative estimate of drug-likeness (QED) is 0.717. The maximum absolute atomic E-state index is 12.2. The fourth-order valence-corrected chi connectivity index (χ4v) is 3.28. The van der Waals surface area contributed by atoms with Gasteiger partial charge in [-0.25, -0.2) is 9.48 Å². The summed E-state index contributed by atoms with van der Waals surface area (Å²) in [4.78, 5) is 25.1. The maximum atomic E-state index is 12.2. The number of carbonyl (C=O) groups is 1. The van der Waals surface area contributed by atoms with Gasteiger partial charge in [-0.2, -0.15) is 0 Å². The van der Waals surface area contributed by atoms with Crippen LogP contribution >= 0.6 is 22.9 Å². The van der Waals surface area contributed by atoms with Crippen LogP contribution in [0.15, 0.2) is 46.6 Å². The Morgan fingerprint density at radius 3 is 2.72 bits per heavy atom. The van der Waals surface area contributed by atoms with Crippen molar-refractivity contribution in [3.8, 4) is 10.7 Å². The molecule has 6 nitrogen and oxygen atoms in total. The van der Waals surface area contributed by atoms with Crippen molar-refractivity contribution in [3.05, 3.63) is 62.8 Å². The van der Waals surface area contributed by atoms with Gasteiger partial charge in [0.25, 0.3) is 0 Å². The van der Waals surface area contributed by atoms with E-state index in [1.165, 1.54) is 20.6 Å². The van der Waals surface area contributed by atoms with E-state index in [9.17, 15) is 9.59 Å². The number of amides is 1. The van der Waals surface area contributed by atoms with E-state index in [1.807, 2.05) is 29.6 Å². The van der Waals surface area contributed by atoms with Crippen LogP contribution in [0.4, 0.5) is 0 Å². The van der Waals surface area contributed by atoms with Crippen LogP contribution in [0.25, 0.3) is 10.7 Å². The highest BCUT2D eigenvalue weighted by Crippen LogP contribution is 2.20. The lowest BCUT2D eigenvalue weighted by molar-refractivity contribution is -0.120. The normalized spacial score (nSPS) is 10.8. The molecule has 130 valence electrons. The van der Waals surface area contributed by atoms with Crippen LogP contribution in [0, 0.1) is 0 Å². The first-order valence-corrected chi connectivity index (χ1v) is 8.99. The summed E-state index contributed by atoms with van der Waals surface area (Å²) >= 11 is 7.35. The number of nitrogens with one attached hydrogen (secondary N) is 1. The van der Waals surface area contributed by atoms with Crippen molar-refractivity contribution in [2.45, 2.75) is 13.0 Å². The lowest BCUT2D eigenvalue weighted by Crippen LogP contribution is -2.32. The molecular formula is C17H17ClN4O2S. The number of thiophene rings is 1. The zero-order chi connectivity index (χ0) is 17.8. The van der Waals surface area contributed by atoms with Crippen LogP contribution in [0.2, 0.25) is 5.02 Å². The summed E-state index contributed by atoms with van der Waals surface area (Å²) in [6.07, 6.45) is 0.273. The van der Waals surface area contributed by atoms with Crippen molar-refractivity contribution >= 4 is 28.8 Å². The van der Waals surface area contributed by atoms with Gasteiger partial charge < -0.3 is 5.32 Å². The summed E-state index contributed by atoms with van der Waals surface area (Å²) in [5.41, 5.74) is 0.687. The molecule has 0 aliphatic heterocycles. The number of carbonyl (C=O) groups excluding carboxylic acids is 1. The highest BCUT2D eigenvalue weighted by atomic mass is 35.5. The molecule has 2 aromatic heterocycles. The van der Waals surface area contributed by atoms with E-state index in [0.717, 1.165) is 10.4 Å². The number of hydrogen-bond donors (Lipinski definition) is 1. The third-order valence-corrected chi connectivity index (χ3v) is 4.82. The second kappa shape index (κ2) is 7.67. The Hall–Kier alpha value is -2.38. The van der Waals surface area contributed by atoms with Crippen LogP contribution < -0.4 is 11.0 Å². The third-order valence-electron chi connectivity index (χ3n) is 3.71. The first-order valence-electron chi connectivity index (χ1n) is 7.73. The molecule has 8 heteroatoms. The average molecular weight is 377 g/mol. The summed E-state index contributed by atoms with van der Waals surface area (Å²) in [5.74, 6) is 0.525. The molecule has 1 aromatic carbocycles. The molecule has 0 aliphatic rings. The molecule has 25 heavy (non-hydrogen) atoms. The van der Waals surface area contributed by atoms with Crippen molar-refractivity contribution in [3.63, 3.8) is 0 Å². The molecule has 3 aromatic rings. The van der Waals surface area contributed by atoms with E-state index < -0.39 is 0 Å². The van der Waals surface area contributed by atoms with Crippen molar-refractivity contribution in [1.82, 2.24) is 19.7 Å². The fraction of sp³-hybridized carbons (Fsp3) is 0.235. The molecule has 0 saturated heterocycles. The smallest absolute Gasteiger partial charge is 0.346 e. The van der Waals surface area contributed by atoms with Gasteiger partial charge in [0.05, 0.1) is 17.8 Å². The van der Waals surface area contributed by atoms with Crippen molar-refractivity contribution in [2.24, 2.45) is 7.05 Å².